The summed E-state index contributed by atoms with van der Waals surface area (Å²) in [5.41, 5.74) is 1.88. The van der Waals surface area contributed by atoms with Gasteiger partial charge in [-0.2, -0.15) is 8.42 Å². The summed E-state index contributed by atoms with van der Waals surface area (Å²) < 4.78 is 31.1. The predicted molar refractivity (Wildman–Crippen MR) is 78.8 cm³/mol. The molecule has 0 bridgehead atoms. The third-order valence-corrected chi connectivity index (χ3v) is 4.99. The Kier molecular flexibility index (Phi) is 4.62. The SMILES string of the molecule is Cc1nc(CC(C)S(=O)(=O)O)ccc1C1CCC(=O)NC1=O. The first kappa shape index (κ1) is 16.6. The average Bonchev–Trinajstić information content (AvgIpc) is 2.39. The van der Waals surface area contributed by atoms with Gasteiger partial charge in [0.05, 0.1) is 11.2 Å². The minimum Gasteiger partial charge on any atom is -0.296 e. The van der Waals surface area contributed by atoms with Crippen molar-refractivity contribution in [3.05, 3.63) is 29.1 Å². The van der Waals surface area contributed by atoms with Gasteiger partial charge >= 0.3 is 0 Å². The van der Waals surface area contributed by atoms with E-state index in [4.69, 9.17) is 4.55 Å². The molecule has 22 heavy (non-hydrogen) atoms. The summed E-state index contributed by atoms with van der Waals surface area (Å²) in [6.07, 6.45) is 0.820. The fraction of sp³-hybridized carbons (Fsp3) is 0.500. The van der Waals surface area contributed by atoms with Crippen LogP contribution in [0.5, 0.6) is 0 Å². The molecular weight excluding hydrogens is 308 g/mol. The summed E-state index contributed by atoms with van der Waals surface area (Å²) in [7, 11) is -4.10. The molecule has 0 radical (unpaired) electrons. The van der Waals surface area contributed by atoms with E-state index in [2.05, 4.69) is 10.3 Å². The number of aryl methyl sites for hydroxylation is 1. The minimum absolute atomic E-state index is 0.0926. The van der Waals surface area contributed by atoms with Crippen molar-refractivity contribution in [3.8, 4) is 0 Å². The Balaban J connectivity index is 2.20. The first-order valence-electron chi connectivity index (χ1n) is 6.95. The third-order valence-electron chi connectivity index (χ3n) is 3.80. The molecule has 120 valence electrons. The molecule has 0 saturated carbocycles. The van der Waals surface area contributed by atoms with Crippen LogP contribution in [-0.2, 0) is 26.1 Å². The highest BCUT2D eigenvalue weighted by molar-refractivity contribution is 7.86. The summed E-state index contributed by atoms with van der Waals surface area (Å²) in [5.74, 6) is -1.02. The Bertz CT molecular complexity index is 714. The first-order valence-corrected chi connectivity index (χ1v) is 8.45. The zero-order valence-corrected chi connectivity index (χ0v) is 13.2. The van der Waals surface area contributed by atoms with Crippen molar-refractivity contribution < 1.29 is 22.6 Å². The van der Waals surface area contributed by atoms with Gasteiger partial charge in [0, 0.05) is 24.2 Å². The highest BCUT2D eigenvalue weighted by atomic mass is 32.2. The number of amides is 2. The number of nitrogens with one attached hydrogen (secondary N) is 1. The second-order valence-electron chi connectivity index (χ2n) is 5.51. The molecule has 1 aliphatic rings. The Morgan fingerprint density at radius 1 is 1.41 bits per heavy atom. The van der Waals surface area contributed by atoms with Crippen LogP contribution in [0.1, 0.15) is 42.6 Å². The van der Waals surface area contributed by atoms with E-state index >= 15 is 0 Å². The van der Waals surface area contributed by atoms with Crippen LogP contribution in [0.2, 0.25) is 0 Å². The van der Waals surface area contributed by atoms with Crippen LogP contribution >= 0.6 is 0 Å². The molecule has 7 nitrogen and oxygen atoms in total. The molecule has 1 aliphatic heterocycles. The molecule has 2 heterocycles. The topological polar surface area (TPSA) is 113 Å². The van der Waals surface area contributed by atoms with Gasteiger partial charge in [0.1, 0.15) is 0 Å². The molecule has 1 aromatic rings. The molecule has 1 fully saturated rings. The fourth-order valence-electron chi connectivity index (χ4n) is 2.50. The largest absolute Gasteiger partial charge is 0.296 e. The van der Waals surface area contributed by atoms with Crippen LogP contribution in [-0.4, -0.2) is 35.0 Å². The van der Waals surface area contributed by atoms with E-state index in [-0.39, 0.29) is 24.7 Å². The van der Waals surface area contributed by atoms with Gasteiger partial charge in [-0.3, -0.25) is 24.4 Å². The average molecular weight is 326 g/mol. The van der Waals surface area contributed by atoms with Crippen molar-refractivity contribution in [2.24, 2.45) is 0 Å². The lowest BCUT2D eigenvalue weighted by Gasteiger charge is -2.22. The Labute approximate surface area is 128 Å². The van der Waals surface area contributed by atoms with Crippen molar-refractivity contribution >= 4 is 21.9 Å². The standard InChI is InChI=1S/C14H18N2O5S/c1-8(22(19,20)21)7-10-3-4-11(9(2)15-10)12-5-6-13(17)16-14(12)18/h3-4,8,12H,5-7H2,1-2H3,(H,16,17,18)(H,19,20,21). The van der Waals surface area contributed by atoms with Crippen LogP contribution in [0.25, 0.3) is 0 Å². The summed E-state index contributed by atoms with van der Waals surface area (Å²) >= 11 is 0. The number of piperidine rings is 1. The van der Waals surface area contributed by atoms with Crippen molar-refractivity contribution in [2.75, 3.05) is 0 Å². The number of imide groups is 1. The normalized spacial score (nSPS) is 20.6. The molecule has 2 atom stereocenters. The first-order chi connectivity index (χ1) is 10.2. The second kappa shape index (κ2) is 6.13. The van der Waals surface area contributed by atoms with Gasteiger partial charge in [-0.1, -0.05) is 6.07 Å². The van der Waals surface area contributed by atoms with Crippen LogP contribution in [0.4, 0.5) is 0 Å². The molecule has 1 saturated heterocycles. The summed E-state index contributed by atoms with van der Waals surface area (Å²) in [4.78, 5) is 27.4. The van der Waals surface area contributed by atoms with Gasteiger partial charge in [-0.05, 0) is 31.9 Å². The molecule has 2 unspecified atom stereocenters. The third kappa shape index (κ3) is 3.69. The van der Waals surface area contributed by atoms with E-state index in [0.29, 0.717) is 17.8 Å². The lowest BCUT2D eigenvalue weighted by Crippen LogP contribution is -2.39. The van der Waals surface area contributed by atoms with Gasteiger partial charge in [0.25, 0.3) is 10.1 Å². The molecule has 2 rings (SSSR count). The zero-order valence-electron chi connectivity index (χ0n) is 12.4. The number of carbonyl (C=O) groups excluding carboxylic acids is 2. The van der Waals surface area contributed by atoms with Crippen molar-refractivity contribution in [1.29, 1.82) is 0 Å². The lowest BCUT2D eigenvalue weighted by atomic mass is 9.89. The molecule has 8 heteroatoms. The fourth-order valence-corrected chi connectivity index (χ4v) is 2.88. The van der Waals surface area contributed by atoms with E-state index in [1.54, 1.807) is 19.1 Å². The smallest absolute Gasteiger partial charge is 0.267 e. The molecule has 2 amide bonds. The van der Waals surface area contributed by atoms with Crippen molar-refractivity contribution in [2.45, 2.75) is 44.3 Å². The Morgan fingerprint density at radius 2 is 2.09 bits per heavy atom. The van der Waals surface area contributed by atoms with Gasteiger partial charge < -0.3 is 0 Å². The minimum atomic E-state index is -4.10. The number of rotatable bonds is 4. The monoisotopic (exact) mass is 326 g/mol. The van der Waals surface area contributed by atoms with Crippen LogP contribution < -0.4 is 5.32 Å². The number of nitrogens with zero attached hydrogens (tertiary/aromatic N) is 1. The highest BCUT2D eigenvalue weighted by Gasteiger charge is 2.29. The second-order valence-corrected chi connectivity index (χ2v) is 7.35. The molecule has 0 aliphatic carbocycles. The summed E-state index contributed by atoms with van der Waals surface area (Å²) in [6.45, 7) is 3.14. The summed E-state index contributed by atoms with van der Waals surface area (Å²) in [5, 5.41) is 1.36. The van der Waals surface area contributed by atoms with Gasteiger partial charge in [-0.15, -0.1) is 0 Å². The number of hydrogen-bond acceptors (Lipinski definition) is 5. The number of pyridine rings is 1. The maximum absolute atomic E-state index is 11.9. The Morgan fingerprint density at radius 3 is 2.64 bits per heavy atom. The summed E-state index contributed by atoms with van der Waals surface area (Å²) in [6, 6.07) is 3.38. The number of aromatic nitrogens is 1. The van der Waals surface area contributed by atoms with Gasteiger partial charge in [0.2, 0.25) is 11.8 Å². The van der Waals surface area contributed by atoms with Crippen molar-refractivity contribution in [3.63, 3.8) is 0 Å². The number of hydrogen-bond donors (Lipinski definition) is 2. The molecule has 0 aromatic carbocycles. The maximum atomic E-state index is 11.9. The molecular formula is C14H18N2O5S. The Hall–Kier alpha value is -1.80. The molecule has 2 N–H and O–H groups in total. The van der Waals surface area contributed by atoms with E-state index in [1.165, 1.54) is 6.92 Å². The van der Waals surface area contributed by atoms with Crippen LogP contribution in [0.3, 0.4) is 0 Å². The zero-order chi connectivity index (χ0) is 16.5. The van der Waals surface area contributed by atoms with Crippen molar-refractivity contribution in [1.82, 2.24) is 10.3 Å². The maximum Gasteiger partial charge on any atom is 0.267 e. The van der Waals surface area contributed by atoms with Gasteiger partial charge in [-0.25, -0.2) is 0 Å². The van der Waals surface area contributed by atoms with Crippen LogP contribution in [0, 0.1) is 6.92 Å². The van der Waals surface area contributed by atoms with E-state index < -0.39 is 21.3 Å². The lowest BCUT2D eigenvalue weighted by molar-refractivity contribution is -0.134. The quantitative estimate of drug-likeness (QED) is 0.623. The van der Waals surface area contributed by atoms with E-state index in [9.17, 15) is 18.0 Å². The van der Waals surface area contributed by atoms with Crippen LogP contribution in [0.15, 0.2) is 12.1 Å². The predicted octanol–water partition coefficient (Wildman–Crippen LogP) is 0.729. The van der Waals surface area contributed by atoms with E-state index in [0.717, 1.165) is 5.56 Å². The molecule has 0 spiro atoms. The number of carbonyl (C=O) groups is 2. The van der Waals surface area contributed by atoms with E-state index in [1.807, 2.05) is 0 Å². The van der Waals surface area contributed by atoms with Gasteiger partial charge in [0.15, 0.2) is 0 Å². The highest BCUT2D eigenvalue weighted by Crippen LogP contribution is 2.27. The molecule has 1 aromatic heterocycles.